The second-order valence-corrected chi connectivity index (χ2v) is 7.82. The minimum Gasteiger partial charge on any atom is -0.493 e. The number of carbonyl (C=O) groups is 1. The quantitative estimate of drug-likeness (QED) is 0.587. The smallest absolute Gasteiger partial charge is 0.275 e. The first kappa shape index (κ1) is 20.6. The van der Waals surface area contributed by atoms with Crippen LogP contribution < -0.4 is 19.9 Å². The van der Waals surface area contributed by atoms with Crippen LogP contribution in [0.15, 0.2) is 36.4 Å². The van der Waals surface area contributed by atoms with Crippen LogP contribution in [-0.4, -0.2) is 51.8 Å². The molecular formula is C23H35N3O2+2. The van der Waals surface area contributed by atoms with Crippen molar-refractivity contribution in [2.75, 3.05) is 45.9 Å². The molecule has 1 aliphatic heterocycles. The molecule has 0 unspecified atom stereocenters. The normalized spacial score (nSPS) is 19.5. The van der Waals surface area contributed by atoms with Crippen LogP contribution in [0, 0.1) is 0 Å². The number of hydrogen-bond acceptors (Lipinski definition) is 2. The summed E-state index contributed by atoms with van der Waals surface area (Å²) in [5, 5.41) is 5.57. The van der Waals surface area contributed by atoms with Gasteiger partial charge < -0.3 is 19.9 Å². The minimum atomic E-state index is 0.185. The number of piperazine rings is 1. The van der Waals surface area contributed by atoms with Crippen molar-refractivity contribution >= 4 is 16.7 Å². The van der Waals surface area contributed by atoms with Gasteiger partial charge in [0.05, 0.1) is 12.2 Å². The summed E-state index contributed by atoms with van der Waals surface area (Å²) in [6.07, 6.45) is 2.01. The van der Waals surface area contributed by atoms with Crippen LogP contribution in [0.4, 0.5) is 0 Å². The van der Waals surface area contributed by atoms with E-state index in [2.05, 4.69) is 55.6 Å². The summed E-state index contributed by atoms with van der Waals surface area (Å²) < 4.78 is 6.08. The summed E-state index contributed by atoms with van der Waals surface area (Å²) in [4.78, 5) is 15.0. The average Bonchev–Trinajstić information content (AvgIpc) is 2.73. The van der Waals surface area contributed by atoms with E-state index < -0.39 is 0 Å². The van der Waals surface area contributed by atoms with Crippen molar-refractivity contribution in [3.8, 4) is 5.75 Å². The van der Waals surface area contributed by atoms with Gasteiger partial charge in [-0.2, -0.15) is 0 Å². The predicted molar refractivity (Wildman–Crippen MR) is 113 cm³/mol. The van der Waals surface area contributed by atoms with Crippen LogP contribution >= 0.6 is 0 Å². The molecule has 0 aromatic heterocycles. The van der Waals surface area contributed by atoms with Crippen molar-refractivity contribution < 1.29 is 19.3 Å². The maximum atomic E-state index is 12.0. The van der Waals surface area contributed by atoms with Gasteiger partial charge >= 0.3 is 0 Å². The highest BCUT2D eigenvalue weighted by atomic mass is 16.5. The van der Waals surface area contributed by atoms with Crippen LogP contribution in [0.1, 0.15) is 32.3 Å². The van der Waals surface area contributed by atoms with Crippen molar-refractivity contribution in [1.29, 1.82) is 0 Å². The van der Waals surface area contributed by atoms with E-state index in [1.165, 1.54) is 21.2 Å². The van der Waals surface area contributed by atoms with E-state index in [0.717, 1.165) is 64.5 Å². The molecule has 3 N–H and O–H groups in total. The minimum absolute atomic E-state index is 0.185. The summed E-state index contributed by atoms with van der Waals surface area (Å²) in [6, 6.07) is 12.9. The van der Waals surface area contributed by atoms with Gasteiger partial charge in [0.1, 0.15) is 38.5 Å². The first-order valence-electron chi connectivity index (χ1n) is 10.8. The molecule has 0 spiro atoms. The lowest BCUT2D eigenvalue weighted by atomic mass is 10.0. The van der Waals surface area contributed by atoms with Gasteiger partial charge in [-0.1, -0.05) is 44.2 Å². The molecular weight excluding hydrogens is 350 g/mol. The van der Waals surface area contributed by atoms with Crippen molar-refractivity contribution in [3.05, 3.63) is 42.0 Å². The van der Waals surface area contributed by atoms with Gasteiger partial charge in [-0.3, -0.25) is 4.79 Å². The molecule has 1 heterocycles. The fraction of sp³-hybridized carbons (Fsp3) is 0.522. The molecule has 3 rings (SSSR count). The lowest BCUT2D eigenvalue weighted by Crippen LogP contribution is -3.28. The van der Waals surface area contributed by atoms with Crippen LogP contribution in [0.25, 0.3) is 10.8 Å². The highest BCUT2D eigenvalue weighted by Crippen LogP contribution is 2.27. The Morgan fingerprint density at radius 1 is 1.00 bits per heavy atom. The fourth-order valence-electron chi connectivity index (χ4n) is 3.96. The van der Waals surface area contributed by atoms with E-state index in [0.29, 0.717) is 6.54 Å². The Morgan fingerprint density at radius 3 is 2.50 bits per heavy atom. The molecule has 5 nitrogen and oxygen atoms in total. The molecule has 0 radical (unpaired) electrons. The molecule has 1 aliphatic rings. The summed E-state index contributed by atoms with van der Waals surface area (Å²) >= 11 is 0. The van der Waals surface area contributed by atoms with E-state index in [1.54, 1.807) is 4.90 Å². The van der Waals surface area contributed by atoms with Crippen LogP contribution in [-0.2, 0) is 11.3 Å². The Hall–Kier alpha value is -2.11. The molecule has 152 valence electrons. The van der Waals surface area contributed by atoms with Gasteiger partial charge in [0.25, 0.3) is 5.91 Å². The second kappa shape index (κ2) is 10.4. The number of carbonyl (C=O) groups excluding carboxylic acids is 1. The Bertz CT molecular complexity index is 770. The molecule has 5 heteroatoms. The zero-order valence-corrected chi connectivity index (χ0v) is 17.4. The maximum Gasteiger partial charge on any atom is 0.275 e. The number of nitrogens with one attached hydrogen (secondary N) is 3. The largest absolute Gasteiger partial charge is 0.493 e. The molecule has 0 atom stereocenters. The monoisotopic (exact) mass is 385 g/mol. The molecule has 0 aliphatic carbocycles. The number of ether oxygens (including phenoxy) is 1. The van der Waals surface area contributed by atoms with Gasteiger partial charge in [-0.15, -0.1) is 0 Å². The Balaban J connectivity index is 1.64. The molecule has 28 heavy (non-hydrogen) atoms. The summed E-state index contributed by atoms with van der Waals surface area (Å²) in [5.41, 5.74) is 1.32. The number of rotatable bonds is 9. The fourth-order valence-corrected chi connectivity index (χ4v) is 3.96. The molecule has 2 aromatic carbocycles. The van der Waals surface area contributed by atoms with E-state index in [-0.39, 0.29) is 5.91 Å². The lowest BCUT2D eigenvalue weighted by molar-refractivity contribution is -1.02. The van der Waals surface area contributed by atoms with E-state index in [4.69, 9.17) is 4.74 Å². The SMILES string of the molecule is CCCNC(=O)C[NH+]1CC[NH+](Cc2c(OCCC)ccc3ccccc23)CC1. The lowest BCUT2D eigenvalue weighted by Gasteiger charge is -2.30. The van der Waals surface area contributed by atoms with Crippen molar-refractivity contribution in [1.82, 2.24) is 5.32 Å². The first-order valence-corrected chi connectivity index (χ1v) is 10.8. The summed E-state index contributed by atoms with van der Waals surface area (Å²) in [6.45, 7) is 11.6. The highest BCUT2D eigenvalue weighted by Gasteiger charge is 2.26. The first-order chi connectivity index (χ1) is 13.7. The second-order valence-electron chi connectivity index (χ2n) is 7.82. The number of amides is 1. The third-order valence-electron chi connectivity index (χ3n) is 5.53. The standard InChI is InChI=1S/C23H33N3O2/c1-3-11-24-23(27)18-26-14-12-25(13-15-26)17-21-20-8-6-5-7-19(20)9-10-22(21)28-16-4-2/h5-10H,3-4,11-18H2,1-2H3,(H,24,27)/p+2. The van der Waals surface area contributed by atoms with Crippen molar-refractivity contribution in [2.45, 2.75) is 33.2 Å². The zero-order valence-electron chi connectivity index (χ0n) is 17.4. The Kier molecular flexibility index (Phi) is 7.69. The third-order valence-corrected chi connectivity index (χ3v) is 5.53. The van der Waals surface area contributed by atoms with E-state index >= 15 is 0 Å². The number of benzene rings is 2. The number of quaternary nitrogens is 2. The van der Waals surface area contributed by atoms with Gasteiger partial charge in [0.2, 0.25) is 0 Å². The van der Waals surface area contributed by atoms with Crippen LogP contribution in [0.5, 0.6) is 5.75 Å². The van der Waals surface area contributed by atoms with Gasteiger partial charge in [0, 0.05) is 6.54 Å². The van der Waals surface area contributed by atoms with Crippen LogP contribution in [0.3, 0.4) is 0 Å². The number of fused-ring (bicyclic) bond motifs is 1. The molecule has 0 bridgehead atoms. The Labute approximate surface area is 168 Å². The van der Waals surface area contributed by atoms with Crippen LogP contribution in [0.2, 0.25) is 0 Å². The molecule has 1 saturated heterocycles. The van der Waals surface area contributed by atoms with Gasteiger partial charge in [0.15, 0.2) is 6.54 Å². The van der Waals surface area contributed by atoms with Crippen molar-refractivity contribution in [2.24, 2.45) is 0 Å². The van der Waals surface area contributed by atoms with Gasteiger partial charge in [-0.25, -0.2) is 0 Å². The topological polar surface area (TPSA) is 47.2 Å². The van der Waals surface area contributed by atoms with E-state index in [9.17, 15) is 4.79 Å². The van der Waals surface area contributed by atoms with E-state index in [1.807, 2.05) is 0 Å². The molecule has 1 fully saturated rings. The molecule has 2 aromatic rings. The average molecular weight is 386 g/mol. The summed E-state index contributed by atoms with van der Waals surface area (Å²) in [5.74, 6) is 1.21. The van der Waals surface area contributed by atoms with Crippen molar-refractivity contribution in [3.63, 3.8) is 0 Å². The molecule has 1 amide bonds. The highest BCUT2D eigenvalue weighted by molar-refractivity contribution is 5.87. The van der Waals surface area contributed by atoms with Gasteiger partial charge in [-0.05, 0) is 29.7 Å². The number of hydrogen-bond donors (Lipinski definition) is 3. The third kappa shape index (κ3) is 5.46. The molecule has 0 saturated carbocycles. The Morgan fingerprint density at radius 2 is 1.75 bits per heavy atom. The maximum absolute atomic E-state index is 12.0. The predicted octanol–water partition coefficient (Wildman–Crippen LogP) is 0.438. The summed E-state index contributed by atoms with van der Waals surface area (Å²) in [7, 11) is 0. The zero-order chi connectivity index (χ0) is 19.8.